The van der Waals surface area contributed by atoms with Crippen molar-refractivity contribution in [3.05, 3.63) is 76.0 Å². The number of carbonyl (C=O) groups excluding carboxylic acids is 1. The maximum absolute atomic E-state index is 12.4. The second-order valence-corrected chi connectivity index (χ2v) is 6.32. The molecule has 5 nitrogen and oxygen atoms in total. The molecule has 0 aliphatic rings. The average molecular weight is 400 g/mol. The highest BCUT2D eigenvalue weighted by Crippen LogP contribution is 2.25. The molecule has 1 amide bonds. The maximum atomic E-state index is 12.4. The molecule has 0 fully saturated rings. The summed E-state index contributed by atoms with van der Waals surface area (Å²) in [4.78, 5) is 23.6. The zero-order valence-corrected chi connectivity index (χ0v) is 14.8. The van der Waals surface area contributed by atoms with Gasteiger partial charge in [0.1, 0.15) is 5.76 Å². The van der Waals surface area contributed by atoms with Gasteiger partial charge in [-0.15, -0.1) is 0 Å². The summed E-state index contributed by atoms with van der Waals surface area (Å²) in [7, 11) is 0. The van der Waals surface area contributed by atoms with E-state index >= 15 is 0 Å². The summed E-state index contributed by atoms with van der Waals surface area (Å²) in [5.74, 6) is -0.746. The lowest BCUT2D eigenvalue weighted by atomic mass is 10.1. The van der Waals surface area contributed by atoms with Crippen molar-refractivity contribution in [2.45, 2.75) is 6.92 Å². The van der Waals surface area contributed by atoms with E-state index in [1.807, 2.05) is 24.3 Å². The molecule has 3 rings (SSSR count). The van der Waals surface area contributed by atoms with E-state index in [1.165, 1.54) is 6.07 Å². The predicted octanol–water partition coefficient (Wildman–Crippen LogP) is 4.97. The number of hydrogen-bond donors (Lipinski definition) is 2. The van der Waals surface area contributed by atoms with E-state index in [9.17, 15) is 9.59 Å². The molecular formula is C19H14BrNO4. The summed E-state index contributed by atoms with van der Waals surface area (Å²) in [6.07, 6.45) is 0. The summed E-state index contributed by atoms with van der Waals surface area (Å²) in [5.41, 5.74) is 1.92. The normalized spacial score (nSPS) is 10.5. The molecule has 1 aromatic heterocycles. The Morgan fingerprint density at radius 2 is 1.76 bits per heavy atom. The highest BCUT2D eigenvalue weighted by atomic mass is 79.9. The first-order valence-electron chi connectivity index (χ1n) is 7.46. The number of amides is 1. The zero-order valence-electron chi connectivity index (χ0n) is 13.2. The molecular weight excluding hydrogens is 386 g/mol. The lowest BCUT2D eigenvalue weighted by molar-refractivity contribution is 0.0695. The molecule has 6 heteroatoms. The molecule has 0 unspecified atom stereocenters. The van der Waals surface area contributed by atoms with Gasteiger partial charge in [0, 0.05) is 15.7 Å². The predicted molar refractivity (Wildman–Crippen MR) is 97.9 cm³/mol. The molecule has 25 heavy (non-hydrogen) atoms. The molecule has 0 saturated carbocycles. The van der Waals surface area contributed by atoms with Crippen molar-refractivity contribution in [1.29, 1.82) is 0 Å². The van der Waals surface area contributed by atoms with Crippen LogP contribution < -0.4 is 5.32 Å². The molecule has 2 aromatic carbocycles. The molecule has 0 spiro atoms. The number of benzene rings is 2. The fraction of sp³-hybridized carbons (Fsp3) is 0.0526. The van der Waals surface area contributed by atoms with Crippen LogP contribution in [0.4, 0.5) is 5.69 Å². The van der Waals surface area contributed by atoms with Crippen molar-refractivity contribution < 1.29 is 19.1 Å². The van der Waals surface area contributed by atoms with Gasteiger partial charge in [-0.2, -0.15) is 0 Å². The van der Waals surface area contributed by atoms with E-state index in [0.29, 0.717) is 17.0 Å². The van der Waals surface area contributed by atoms with Crippen molar-refractivity contribution in [2.75, 3.05) is 5.32 Å². The summed E-state index contributed by atoms with van der Waals surface area (Å²) >= 11 is 3.37. The molecule has 0 atom stereocenters. The van der Waals surface area contributed by atoms with Crippen LogP contribution in [0.25, 0.3) is 11.3 Å². The van der Waals surface area contributed by atoms with Crippen LogP contribution in [0.2, 0.25) is 0 Å². The first kappa shape index (κ1) is 17.0. The van der Waals surface area contributed by atoms with Crippen LogP contribution in [0.5, 0.6) is 0 Å². The number of aromatic carboxylic acids is 1. The Kier molecular flexibility index (Phi) is 4.72. The van der Waals surface area contributed by atoms with Crippen LogP contribution in [-0.2, 0) is 0 Å². The molecule has 0 radical (unpaired) electrons. The van der Waals surface area contributed by atoms with Crippen LogP contribution in [-0.4, -0.2) is 17.0 Å². The minimum atomic E-state index is -1.04. The lowest BCUT2D eigenvalue weighted by Gasteiger charge is -2.09. The third-order valence-electron chi connectivity index (χ3n) is 3.77. The van der Waals surface area contributed by atoms with Gasteiger partial charge in [0.2, 0.25) is 0 Å². The minimum Gasteiger partial charge on any atom is -0.478 e. The van der Waals surface area contributed by atoms with Gasteiger partial charge in [0.05, 0.1) is 5.56 Å². The van der Waals surface area contributed by atoms with Crippen molar-refractivity contribution in [3.8, 4) is 11.3 Å². The van der Waals surface area contributed by atoms with Gasteiger partial charge in [-0.05, 0) is 48.9 Å². The monoisotopic (exact) mass is 399 g/mol. The SMILES string of the molecule is Cc1c(NC(=O)c2ccc(-c3ccc(Br)cc3)o2)cccc1C(=O)O. The second-order valence-electron chi connectivity index (χ2n) is 5.41. The van der Waals surface area contributed by atoms with E-state index in [-0.39, 0.29) is 11.3 Å². The van der Waals surface area contributed by atoms with Gasteiger partial charge in [-0.1, -0.05) is 34.1 Å². The Bertz CT molecular complexity index is 944. The number of carbonyl (C=O) groups is 2. The largest absolute Gasteiger partial charge is 0.478 e. The molecule has 0 aliphatic heterocycles. The zero-order chi connectivity index (χ0) is 18.0. The van der Waals surface area contributed by atoms with Crippen molar-refractivity contribution in [1.82, 2.24) is 0 Å². The van der Waals surface area contributed by atoms with E-state index < -0.39 is 11.9 Å². The second kappa shape index (κ2) is 6.94. The first-order valence-corrected chi connectivity index (χ1v) is 8.25. The van der Waals surface area contributed by atoms with E-state index in [0.717, 1.165) is 10.0 Å². The number of carboxylic acid groups (broad SMARTS) is 1. The standard InChI is InChI=1S/C19H14BrNO4/c1-11-14(19(23)24)3-2-4-15(11)21-18(22)17-10-9-16(25-17)12-5-7-13(20)8-6-12/h2-10H,1H3,(H,21,22)(H,23,24). The molecule has 0 aliphatic carbocycles. The van der Waals surface area contributed by atoms with Gasteiger partial charge in [0.25, 0.3) is 5.91 Å². The molecule has 126 valence electrons. The van der Waals surface area contributed by atoms with Crippen LogP contribution in [0.1, 0.15) is 26.5 Å². The third-order valence-corrected chi connectivity index (χ3v) is 4.30. The Balaban J connectivity index is 1.82. The van der Waals surface area contributed by atoms with E-state index in [4.69, 9.17) is 9.52 Å². The number of hydrogen-bond acceptors (Lipinski definition) is 3. The third kappa shape index (κ3) is 3.64. The number of carboxylic acids is 1. The summed E-state index contributed by atoms with van der Waals surface area (Å²) in [6, 6.07) is 15.6. The first-order chi connectivity index (χ1) is 12.0. The Morgan fingerprint density at radius 1 is 1.04 bits per heavy atom. The minimum absolute atomic E-state index is 0.146. The van der Waals surface area contributed by atoms with E-state index in [2.05, 4.69) is 21.2 Å². The lowest BCUT2D eigenvalue weighted by Crippen LogP contribution is -2.13. The highest BCUT2D eigenvalue weighted by Gasteiger charge is 2.16. The number of anilines is 1. The Labute approximate surface area is 152 Å². The van der Waals surface area contributed by atoms with Crippen LogP contribution in [0, 0.1) is 6.92 Å². The molecule has 0 bridgehead atoms. The topological polar surface area (TPSA) is 79.5 Å². The van der Waals surface area contributed by atoms with Crippen molar-refractivity contribution in [3.63, 3.8) is 0 Å². The van der Waals surface area contributed by atoms with Gasteiger partial charge in [-0.3, -0.25) is 4.79 Å². The Morgan fingerprint density at radius 3 is 2.44 bits per heavy atom. The maximum Gasteiger partial charge on any atom is 0.336 e. The van der Waals surface area contributed by atoms with Crippen LogP contribution >= 0.6 is 15.9 Å². The number of halogens is 1. The van der Waals surface area contributed by atoms with Crippen molar-refractivity contribution >= 4 is 33.5 Å². The Hall–Kier alpha value is -2.86. The van der Waals surface area contributed by atoms with Gasteiger partial charge >= 0.3 is 5.97 Å². The number of furan rings is 1. The van der Waals surface area contributed by atoms with E-state index in [1.54, 1.807) is 31.2 Å². The van der Waals surface area contributed by atoms with Crippen LogP contribution in [0.15, 0.2) is 63.5 Å². The fourth-order valence-corrected chi connectivity index (χ4v) is 2.68. The summed E-state index contributed by atoms with van der Waals surface area (Å²) in [5, 5.41) is 11.8. The molecule has 1 heterocycles. The quantitative estimate of drug-likeness (QED) is 0.648. The van der Waals surface area contributed by atoms with Crippen LogP contribution in [0.3, 0.4) is 0 Å². The highest BCUT2D eigenvalue weighted by molar-refractivity contribution is 9.10. The van der Waals surface area contributed by atoms with Gasteiger partial charge in [0.15, 0.2) is 5.76 Å². The summed E-state index contributed by atoms with van der Waals surface area (Å²) < 4.78 is 6.57. The van der Waals surface area contributed by atoms with Gasteiger partial charge < -0.3 is 14.8 Å². The molecule has 3 aromatic rings. The van der Waals surface area contributed by atoms with Gasteiger partial charge in [-0.25, -0.2) is 4.79 Å². The van der Waals surface area contributed by atoms with Crippen molar-refractivity contribution in [2.24, 2.45) is 0 Å². The smallest absolute Gasteiger partial charge is 0.336 e. The molecule has 2 N–H and O–H groups in total. The average Bonchev–Trinajstić information content (AvgIpc) is 3.07. The fourth-order valence-electron chi connectivity index (χ4n) is 2.42. The molecule has 0 saturated heterocycles. The summed E-state index contributed by atoms with van der Waals surface area (Å²) in [6.45, 7) is 1.65. The number of nitrogens with one attached hydrogen (secondary N) is 1. The number of rotatable bonds is 4.